The number of halogens is 2. The first kappa shape index (κ1) is 20.4. The summed E-state index contributed by atoms with van der Waals surface area (Å²) >= 11 is 0. The molecule has 0 bridgehead atoms. The molecule has 26 heavy (non-hydrogen) atoms. The van der Waals surface area contributed by atoms with E-state index in [-0.39, 0.29) is 17.0 Å². The van der Waals surface area contributed by atoms with Crippen LogP contribution in [0.4, 0.5) is 8.78 Å². The van der Waals surface area contributed by atoms with Crippen molar-refractivity contribution in [1.82, 2.24) is 0 Å². The zero-order chi connectivity index (χ0) is 19.3. The predicted octanol–water partition coefficient (Wildman–Crippen LogP) is 6.96. The number of hydrogen-bond donors (Lipinski definition) is 0. The third-order valence-corrected chi connectivity index (χ3v) is 4.85. The van der Waals surface area contributed by atoms with Gasteiger partial charge >= 0.3 is 0 Å². The lowest BCUT2D eigenvalue weighted by Crippen LogP contribution is -2.16. The minimum Gasteiger partial charge on any atom is -0.497 e. The monoisotopic (exact) mass is 360 g/mol. The Kier molecular flexibility index (Phi) is 6.80. The summed E-state index contributed by atoms with van der Waals surface area (Å²) in [5.41, 5.74) is 2.80. The molecule has 0 fully saturated rings. The summed E-state index contributed by atoms with van der Waals surface area (Å²) in [6.45, 7) is 8.63. The van der Waals surface area contributed by atoms with Gasteiger partial charge in [0.05, 0.1) is 7.11 Å². The van der Waals surface area contributed by atoms with E-state index in [0.29, 0.717) is 28.9 Å². The molecular formula is C23H30F2O. The van der Waals surface area contributed by atoms with Crippen LogP contribution in [0.3, 0.4) is 0 Å². The van der Waals surface area contributed by atoms with Crippen molar-refractivity contribution in [2.75, 3.05) is 7.11 Å². The van der Waals surface area contributed by atoms with E-state index < -0.39 is 0 Å². The second-order valence-electron chi connectivity index (χ2n) is 7.79. The van der Waals surface area contributed by atoms with Crippen LogP contribution in [-0.2, 0) is 12.8 Å². The van der Waals surface area contributed by atoms with Gasteiger partial charge in [0.15, 0.2) is 0 Å². The Morgan fingerprint density at radius 2 is 1.62 bits per heavy atom. The Bertz CT molecular complexity index is 750. The first-order chi connectivity index (χ1) is 12.3. The average molecular weight is 360 g/mol. The largest absolute Gasteiger partial charge is 0.497 e. The number of aryl methyl sites for hydroxylation is 1. The molecule has 0 aliphatic heterocycles. The molecule has 0 aromatic heterocycles. The molecule has 142 valence electrons. The number of benzene rings is 2. The Morgan fingerprint density at radius 3 is 2.23 bits per heavy atom. The Morgan fingerprint density at radius 1 is 0.885 bits per heavy atom. The molecule has 0 aliphatic rings. The lowest BCUT2D eigenvalue weighted by molar-refractivity contribution is 0.329. The minimum absolute atomic E-state index is 0.0696. The van der Waals surface area contributed by atoms with Crippen molar-refractivity contribution >= 4 is 0 Å². The topological polar surface area (TPSA) is 9.23 Å². The highest BCUT2D eigenvalue weighted by Gasteiger charge is 2.22. The quantitative estimate of drug-likeness (QED) is 0.494. The van der Waals surface area contributed by atoms with Gasteiger partial charge in [-0.25, -0.2) is 8.78 Å². The van der Waals surface area contributed by atoms with Crippen molar-refractivity contribution in [2.45, 2.75) is 59.8 Å². The molecule has 0 radical (unpaired) electrons. The standard InChI is InChI=1S/C23H30F2O/c1-6-8-16-12-17(15-23(3,4)11-7-2)19(14-22(16)25)20-13-18(26-5)9-10-21(20)24/h9-10,12-14H,6-8,11,15H2,1-5H3. The first-order valence-corrected chi connectivity index (χ1v) is 9.46. The fourth-order valence-electron chi connectivity index (χ4n) is 3.65. The number of rotatable bonds is 8. The van der Waals surface area contributed by atoms with Crippen LogP contribution in [0.5, 0.6) is 5.75 Å². The minimum atomic E-state index is -0.358. The summed E-state index contributed by atoms with van der Waals surface area (Å²) < 4.78 is 34.4. The molecule has 0 heterocycles. The summed E-state index contributed by atoms with van der Waals surface area (Å²) in [4.78, 5) is 0. The molecule has 0 saturated carbocycles. The molecule has 0 saturated heterocycles. The lowest BCUT2D eigenvalue weighted by Gasteiger charge is -2.26. The molecule has 0 atom stereocenters. The zero-order valence-corrected chi connectivity index (χ0v) is 16.6. The van der Waals surface area contributed by atoms with Gasteiger partial charge in [0, 0.05) is 5.56 Å². The van der Waals surface area contributed by atoms with Crippen molar-refractivity contribution in [1.29, 1.82) is 0 Å². The van der Waals surface area contributed by atoms with Crippen LogP contribution in [-0.4, -0.2) is 7.11 Å². The van der Waals surface area contributed by atoms with Crippen molar-refractivity contribution in [2.24, 2.45) is 5.41 Å². The lowest BCUT2D eigenvalue weighted by atomic mass is 9.79. The normalized spacial score (nSPS) is 11.7. The van der Waals surface area contributed by atoms with Gasteiger partial charge in [0.2, 0.25) is 0 Å². The van der Waals surface area contributed by atoms with Crippen LogP contribution in [0, 0.1) is 17.0 Å². The Hall–Kier alpha value is -1.90. The fraction of sp³-hybridized carbons (Fsp3) is 0.478. The van der Waals surface area contributed by atoms with E-state index in [4.69, 9.17) is 4.74 Å². The van der Waals surface area contributed by atoms with Gasteiger partial charge in [-0.2, -0.15) is 0 Å². The van der Waals surface area contributed by atoms with E-state index in [1.807, 2.05) is 13.0 Å². The van der Waals surface area contributed by atoms with Crippen LogP contribution in [0.1, 0.15) is 58.1 Å². The van der Waals surface area contributed by atoms with Crippen LogP contribution in [0.15, 0.2) is 30.3 Å². The van der Waals surface area contributed by atoms with Crippen molar-refractivity contribution < 1.29 is 13.5 Å². The molecule has 0 aliphatic carbocycles. The third kappa shape index (κ3) is 4.84. The van der Waals surface area contributed by atoms with E-state index in [1.54, 1.807) is 19.2 Å². The van der Waals surface area contributed by atoms with Gasteiger partial charge in [-0.05, 0) is 65.6 Å². The van der Waals surface area contributed by atoms with E-state index in [9.17, 15) is 8.78 Å². The van der Waals surface area contributed by atoms with Gasteiger partial charge in [-0.15, -0.1) is 0 Å². The SMILES string of the molecule is CCCc1cc(CC(C)(C)CCC)c(-c2cc(OC)ccc2F)cc1F. The van der Waals surface area contributed by atoms with Crippen molar-refractivity contribution in [3.8, 4) is 16.9 Å². The number of ether oxygens (including phenoxy) is 1. The van der Waals surface area contributed by atoms with Crippen LogP contribution >= 0.6 is 0 Å². The summed E-state index contributed by atoms with van der Waals surface area (Å²) in [5, 5.41) is 0. The van der Waals surface area contributed by atoms with Crippen molar-refractivity contribution in [3.05, 3.63) is 53.1 Å². The first-order valence-electron chi connectivity index (χ1n) is 9.46. The predicted molar refractivity (Wildman–Crippen MR) is 105 cm³/mol. The van der Waals surface area contributed by atoms with Gasteiger partial charge < -0.3 is 4.74 Å². The van der Waals surface area contributed by atoms with Gasteiger partial charge in [0.1, 0.15) is 17.4 Å². The molecule has 1 nitrogen and oxygen atoms in total. The smallest absolute Gasteiger partial charge is 0.131 e. The molecular weight excluding hydrogens is 330 g/mol. The maximum absolute atomic E-state index is 14.6. The summed E-state index contributed by atoms with van der Waals surface area (Å²) in [5.74, 6) is -0.0534. The van der Waals surface area contributed by atoms with Gasteiger partial charge in [-0.1, -0.05) is 46.6 Å². The highest BCUT2D eigenvalue weighted by molar-refractivity contribution is 5.70. The maximum Gasteiger partial charge on any atom is 0.131 e. The van der Waals surface area contributed by atoms with Gasteiger partial charge in [0.25, 0.3) is 0 Å². The molecule has 0 spiro atoms. The second-order valence-corrected chi connectivity index (χ2v) is 7.79. The molecule has 2 aromatic rings. The van der Waals surface area contributed by atoms with Crippen LogP contribution < -0.4 is 4.74 Å². The highest BCUT2D eigenvalue weighted by Crippen LogP contribution is 2.36. The van der Waals surface area contributed by atoms with E-state index in [1.165, 1.54) is 12.1 Å². The molecule has 2 aromatic carbocycles. The number of methoxy groups -OCH3 is 1. The van der Waals surface area contributed by atoms with E-state index in [0.717, 1.165) is 31.2 Å². The highest BCUT2D eigenvalue weighted by atomic mass is 19.1. The molecule has 0 unspecified atom stereocenters. The Labute approximate surface area is 156 Å². The average Bonchev–Trinajstić information content (AvgIpc) is 2.58. The third-order valence-electron chi connectivity index (χ3n) is 4.85. The second kappa shape index (κ2) is 8.66. The molecule has 3 heteroatoms. The number of hydrogen-bond acceptors (Lipinski definition) is 1. The maximum atomic E-state index is 14.6. The van der Waals surface area contributed by atoms with Crippen LogP contribution in [0.2, 0.25) is 0 Å². The molecule has 0 amide bonds. The fourth-order valence-corrected chi connectivity index (χ4v) is 3.65. The molecule has 2 rings (SSSR count). The summed E-state index contributed by atoms with van der Waals surface area (Å²) in [6, 6.07) is 8.05. The molecule has 0 N–H and O–H groups in total. The zero-order valence-electron chi connectivity index (χ0n) is 16.6. The van der Waals surface area contributed by atoms with Crippen LogP contribution in [0.25, 0.3) is 11.1 Å². The Balaban J connectivity index is 2.61. The van der Waals surface area contributed by atoms with Gasteiger partial charge in [-0.3, -0.25) is 0 Å². The van der Waals surface area contributed by atoms with E-state index >= 15 is 0 Å². The summed E-state index contributed by atoms with van der Waals surface area (Å²) in [7, 11) is 1.55. The van der Waals surface area contributed by atoms with E-state index in [2.05, 4.69) is 20.8 Å². The summed E-state index contributed by atoms with van der Waals surface area (Å²) in [6.07, 6.45) is 4.49. The van der Waals surface area contributed by atoms with Crippen molar-refractivity contribution in [3.63, 3.8) is 0 Å².